The highest BCUT2D eigenvalue weighted by molar-refractivity contribution is 7.89. The predicted octanol–water partition coefficient (Wildman–Crippen LogP) is 2.88. The second-order valence-corrected chi connectivity index (χ2v) is 11.8. The van der Waals surface area contributed by atoms with Gasteiger partial charge in [-0.3, -0.25) is 14.8 Å². The maximum atomic E-state index is 13.4. The number of aromatic nitrogens is 2. The molecule has 3 heterocycles. The molecular formula is C25H27Cl2N5O4S. The third kappa shape index (κ3) is 5.14. The molecule has 12 heteroatoms. The Labute approximate surface area is 225 Å². The van der Waals surface area contributed by atoms with E-state index in [4.69, 9.17) is 28.3 Å². The van der Waals surface area contributed by atoms with Crippen LogP contribution in [0.4, 0.5) is 0 Å². The number of benzene rings is 2. The fourth-order valence-electron chi connectivity index (χ4n) is 4.84. The third-order valence-electron chi connectivity index (χ3n) is 6.90. The van der Waals surface area contributed by atoms with Gasteiger partial charge in [-0.15, -0.1) is 0 Å². The summed E-state index contributed by atoms with van der Waals surface area (Å²) in [5.74, 6) is -0.0341. The fraction of sp³-hybridized carbons (Fsp3) is 0.360. The van der Waals surface area contributed by atoms with Crippen LogP contribution in [0.3, 0.4) is 0 Å². The van der Waals surface area contributed by atoms with E-state index in [1.54, 1.807) is 18.2 Å². The lowest BCUT2D eigenvalue weighted by Gasteiger charge is -2.34. The molecule has 1 amide bonds. The second-order valence-electron chi connectivity index (χ2n) is 9.10. The Hall–Kier alpha value is -2.47. The van der Waals surface area contributed by atoms with Crippen molar-refractivity contribution < 1.29 is 18.3 Å². The van der Waals surface area contributed by atoms with Crippen LogP contribution in [0.2, 0.25) is 10.0 Å². The Bertz CT molecular complexity index is 1380. The molecule has 1 aromatic heterocycles. The molecule has 2 aliphatic heterocycles. The molecule has 0 spiro atoms. The number of nitrogens with one attached hydrogen (secondary N) is 1. The van der Waals surface area contributed by atoms with Crippen LogP contribution in [0.5, 0.6) is 0 Å². The molecule has 2 N–H and O–H groups in total. The predicted molar refractivity (Wildman–Crippen MR) is 141 cm³/mol. The van der Waals surface area contributed by atoms with Crippen LogP contribution in [0.25, 0.3) is 11.3 Å². The second kappa shape index (κ2) is 10.7. The van der Waals surface area contributed by atoms with Crippen molar-refractivity contribution in [2.24, 2.45) is 0 Å². The first-order valence-corrected chi connectivity index (χ1v) is 14.2. The molecule has 3 aromatic rings. The molecule has 0 saturated carbocycles. The number of sulfonamides is 1. The number of nitrogens with zero attached hydrogens (tertiary/aromatic N) is 4. The molecule has 1 fully saturated rings. The molecule has 0 bridgehead atoms. The van der Waals surface area contributed by atoms with Crippen LogP contribution in [0.1, 0.15) is 21.6 Å². The molecule has 37 heavy (non-hydrogen) atoms. The number of β-amino-alcohol motifs (C(OH)–C–C–N with tert-alkyl or cyclic N) is 1. The van der Waals surface area contributed by atoms with Gasteiger partial charge in [0, 0.05) is 74.6 Å². The SMILES string of the molecule is O=C(c1ccc(-c2n[nH]c3c2CN(S(=O)(=O)c2c(Cl)cccc2Cl)CC3)cc1)N1CCN(CCO)CC1. The fourth-order valence-corrected chi connectivity index (χ4v) is 7.34. The van der Waals surface area contributed by atoms with Gasteiger partial charge in [-0.1, -0.05) is 41.4 Å². The Balaban J connectivity index is 1.34. The Morgan fingerprint density at radius 1 is 1.00 bits per heavy atom. The first-order chi connectivity index (χ1) is 17.8. The molecule has 0 unspecified atom stereocenters. The van der Waals surface area contributed by atoms with Gasteiger partial charge in [0.25, 0.3) is 5.91 Å². The van der Waals surface area contributed by atoms with E-state index in [1.165, 1.54) is 16.4 Å². The van der Waals surface area contributed by atoms with Crippen molar-refractivity contribution >= 4 is 39.1 Å². The number of carbonyl (C=O) groups is 1. The smallest absolute Gasteiger partial charge is 0.253 e. The van der Waals surface area contributed by atoms with Gasteiger partial charge in [-0.25, -0.2) is 8.42 Å². The van der Waals surface area contributed by atoms with Gasteiger partial charge >= 0.3 is 0 Å². The van der Waals surface area contributed by atoms with E-state index in [1.807, 2.05) is 17.0 Å². The van der Waals surface area contributed by atoms with E-state index in [-0.39, 0.29) is 40.5 Å². The van der Waals surface area contributed by atoms with Gasteiger partial charge in [0.15, 0.2) is 0 Å². The number of aliphatic hydroxyl groups is 1. The van der Waals surface area contributed by atoms with Gasteiger partial charge < -0.3 is 10.0 Å². The number of amides is 1. The van der Waals surface area contributed by atoms with Crippen molar-refractivity contribution in [2.45, 2.75) is 17.9 Å². The summed E-state index contributed by atoms with van der Waals surface area (Å²) in [5, 5.41) is 16.8. The van der Waals surface area contributed by atoms with Gasteiger partial charge in [0.05, 0.1) is 22.3 Å². The molecule has 5 rings (SSSR count). The maximum absolute atomic E-state index is 13.4. The zero-order valence-electron chi connectivity index (χ0n) is 20.0. The van der Waals surface area contributed by atoms with Crippen LogP contribution in [0.15, 0.2) is 47.4 Å². The molecule has 1 saturated heterocycles. The van der Waals surface area contributed by atoms with Gasteiger partial charge in [-0.05, 0) is 24.3 Å². The van der Waals surface area contributed by atoms with Gasteiger partial charge in [0.1, 0.15) is 4.90 Å². The summed E-state index contributed by atoms with van der Waals surface area (Å²) in [5.41, 5.74) is 3.69. The number of hydrogen-bond acceptors (Lipinski definition) is 6. The van der Waals surface area contributed by atoms with E-state index in [2.05, 4.69) is 15.1 Å². The van der Waals surface area contributed by atoms with Crippen LogP contribution >= 0.6 is 23.2 Å². The molecule has 2 aromatic carbocycles. The Morgan fingerprint density at radius 2 is 1.68 bits per heavy atom. The number of halogens is 2. The van der Waals surface area contributed by atoms with Crippen LogP contribution in [0, 0.1) is 0 Å². The highest BCUT2D eigenvalue weighted by Crippen LogP contribution is 2.35. The van der Waals surface area contributed by atoms with Gasteiger partial charge in [0.2, 0.25) is 10.0 Å². The van der Waals surface area contributed by atoms with Crippen molar-refractivity contribution in [2.75, 3.05) is 45.9 Å². The Kier molecular flexibility index (Phi) is 7.58. The lowest BCUT2D eigenvalue weighted by molar-refractivity contribution is 0.0615. The minimum atomic E-state index is -3.92. The van der Waals surface area contributed by atoms with Crippen molar-refractivity contribution in [3.8, 4) is 11.3 Å². The van der Waals surface area contributed by atoms with E-state index < -0.39 is 10.0 Å². The van der Waals surface area contributed by atoms with Crippen molar-refractivity contribution in [3.05, 3.63) is 69.3 Å². The number of H-pyrrole nitrogens is 1. The molecule has 2 aliphatic rings. The molecule has 196 valence electrons. The van der Waals surface area contributed by atoms with E-state index >= 15 is 0 Å². The van der Waals surface area contributed by atoms with Crippen molar-refractivity contribution in [3.63, 3.8) is 0 Å². The summed E-state index contributed by atoms with van der Waals surface area (Å²) in [6, 6.07) is 11.9. The molecule has 0 atom stereocenters. The summed E-state index contributed by atoms with van der Waals surface area (Å²) in [6.45, 7) is 3.85. The molecule has 9 nitrogen and oxygen atoms in total. The maximum Gasteiger partial charge on any atom is 0.253 e. The normalized spacial score (nSPS) is 17.1. The number of aliphatic hydroxyl groups excluding tert-OH is 1. The monoisotopic (exact) mass is 563 g/mol. The molecule has 0 radical (unpaired) electrons. The van der Waals surface area contributed by atoms with E-state index in [0.717, 1.165) is 29.9 Å². The number of aromatic amines is 1. The van der Waals surface area contributed by atoms with Crippen LogP contribution < -0.4 is 0 Å². The minimum Gasteiger partial charge on any atom is -0.395 e. The molecule has 0 aliphatic carbocycles. The lowest BCUT2D eigenvalue weighted by Crippen LogP contribution is -2.49. The summed E-state index contributed by atoms with van der Waals surface area (Å²) in [7, 11) is -3.92. The molecular weight excluding hydrogens is 537 g/mol. The number of fused-ring (bicyclic) bond motifs is 1. The zero-order valence-corrected chi connectivity index (χ0v) is 22.4. The van der Waals surface area contributed by atoms with Gasteiger partial charge in [-0.2, -0.15) is 9.40 Å². The summed E-state index contributed by atoms with van der Waals surface area (Å²) in [6.07, 6.45) is 0.475. The van der Waals surface area contributed by atoms with Crippen molar-refractivity contribution in [1.82, 2.24) is 24.3 Å². The van der Waals surface area contributed by atoms with E-state index in [0.29, 0.717) is 37.3 Å². The van der Waals surface area contributed by atoms with E-state index in [9.17, 15) is 13.2 Å². The number of rotatable bonds is 6. The minimum absolute atomic E-state index is 0.0341. The Morgan fingerprint density at radius 3 is 2.32 bits per heavy atom. The van der Waals surface area contributed by atoms with Crippen LogP contribution in [-0.4, -0.2) is 89.6 Å². The largest absolute Gasteiger partial charge is 0.395 e. The first kappa shape index (κ1) is 26.1. The quantitative estimate of drug-likeness (QED) is 0.477. The average molecular weight is 564 g/mol. The van der Waals surface area contributed by atoms with Crippen molar-refractivity contribution in [1.29, 1.82) is 0 Å². The first-order valence-electron chi connectivity index (χ1n) is 12.0. The topological polar surface area (TPSA) is 110 Å². The number of piperazine rings is 1. The number of carbonyl (C=O) groups excluding carboxylic acids is 1. The van der Waals surface area contributed by atoms with Crippen LogP contribution in [-0.2, 0) is 23.0 Å². The number of hydrogen-bond donors (Lipinski definition) is 2. The highest BCUT2D eigenvalue weighted by Gasteiger charge is 2.34. The lowest BCUT2D eigenvalue weighted by atomic mass is 10.0. The highest BCUT2D eigenvalue weighted by atomic mass is 35.5. The summed E-state index contributed by atoms with van der Waals surface area (Å²) in [4.78, 5) is 16.8. The average Bonchev–Trinajstić information content (AvgIpc) is 3.32. The zero-order chi connectivity index (χ0) is 26.2. The standard InChI is InChI=1S/C25H27Cl2N5O4S/c26-20-2-1-3-21(27)24(20)37(35,36)32-9-8-22-19(16-32)23(29-28-22)17-4-6-18(7-5-17)25(34)31-12-10-30(11-13-31)14-15-33/h1-7,33H,8-16H2,(H,28,29). The third-order valence-corrected chi connectivity index (χ3v) is 9.70. The summed E-state index contributed by atoms with van der Waals surface area (Å²) >= 11 is 12.4. The summed E-state index contributed by atoms with van der Waals surface area (Å²) < 4.78 is 28.2.